The van der Waals surface area contributed by atoms with Gasteiger partial charge in [0.2, 0.25) is 5.91 Å². The molecule has 3 rings (SSSR count). The molecule has 0 saturated heterocycles. The molecule has 0 unspecified atom stereocenters. The minimum absolute atomic E-state index is 0.122. The summed E-state index contributed by atoms with van der Waals surface area (Å²) in [5.74, 6) is 0.192. The fourth-order valence-corrected chi connectivity index (χ4v) is 3.77. The lowest BCUT2D eigenvalue weighted by Crippen LogP contribution is -2.19. The van der Waals surface area contributed by atoms with Crippen molar-refractivity contribution in [3.8, 4) is 0 Å². The Balaban J connectivity index is 1.66. The third-order valence-electron chi connectivity index (χ3n) is 3.34. The van der Waals surface area contributed by atoms with Gasteiger partial charge < -0.3 is 0 Å². The number of aromatic nitrogens is 1. The van der Waals surface area contributed by atoms with Crippen LogP contribution in [-0.4, -0.2) is 22.9 Å². The number of carbonyl (C=O) groups is 1. The summed E-state index contributed by atoms with van der Waals surface area (Å²) in [6.45, 7) is 4.02. The Morgan fingerprint density at radius 3 is 3.00 bits per heavy atom. The highest BCUT2D eigenvalue weighted by atomic mass is 32.2. The van der Waals surface area contributed by atoms with Crippen molar-refractivity contribution >= 4 is 46.1 Å². The van der Waals surface area contributed by atoms with Gasteiger partial charge in [0.05, 0.1) is 17.5 Å². The van der Waals surface area contributed by atoms with Crippen LogP contribution >= 0.6 is 23.1 Å². The predicted octanol–water partition coefficient (Wildman–Crippen LogP) is 4.16. The molecule has 1 N–H and O–H groups in total. The van der Waals surface area contributed by atoms with Crippen molar-refractivity contribution in [2.24, 2.45) is 5.10 Å². The maximum absolute atomic E-state index is 12.0. The largest absolute Gasteiger partial charge is 0.272 e. The summed E-state index contributed by atoms with van der Waals surface area (Å²) in [5, 5.41) is 7.03. The number of nitrogens with one attached hydrogen (secondary N) is 1. The third-order valence-corrected chi connectivity index (χ3v) is 5.20. The van der Waals surface area contributed by atoms with Crippen LogP contribution < -0.4 is 5.43 Å². The number of thioether (sulfide) groups is 1. The van der Waals surface area contributed by atoms with E-state index in [1.807, 2.05) is 36.6 Å². The Morgan fingerprint density at radius 2 is 2.21 bits per heavy atom. The van der Waals surface area contributed by atoms with Crippen molar-refractivity contribution in [2.75, 3.05) is 5.75 Å². The molecule has 2 heterocycles. The molecule has 1 amide bonds. The van der Waals surface area contributed by atoms with E-state index in [2.05, 4.69) is 34.6 Å². The Bertz CT molecular complexity index is 889. The molecule has 6 heteroatoms. The van der Waals surface area contributed by atoms with Crippen molar-refractivity contribution in [3.05, 3.63) is 57.9 Å². The van der Waals surface area contributed by atoms with Gasteiger partial charge in [-0.25, -0.2) is 5.43 Å². The second-order valence-electron chi connectivity index (χ2n) is 5.38. The van der Waals surface area contributed by atoms with E-state index in [0.29, 0.717) is 5.75 Å². The zero-order valence-electron chi connectivity index (χ0n) is 13.4. The molecule has 0 bridgehead atoms. The number of hydrogen-bond donors (Lipinski definition) is 1. The normalized spacial score (nSPS) is 11.2. The molecule has 0 saturated carbocycles. The monoisotopic (exact) mass is 355 g/mol. The summed E-state index contributed by atoms with van der Waals surface area (Å²) in [6, 6.07) is 12.1. The van der Waals surface area contributed by atoms with E-state index >= 15 is 0 Å². The Labute approximate surface area is 149 Å². The van der Waals surface area contributed by atoms with Gasteiger partial charge in [0.1, 0.15) is 0 Å². The van der Waals surface area contributed by atoms with E-state index < -0.39 is 0 Å². The number of benzene rings is 1. The minimum atomic E-state index is -0.122. The first-order chi connectivity index (χ1) is 11.6. The molecule has 0 spiro atoms. The zero-order chi connectivity index (χ0) is 16.9. The van der Waals surface area contributed by atoms with Crippen molar-refractivity contribution in [3.63, 3.8) is 0 Å². The summed E-state index contributed by atoms with van der Waals surface area (Å²) in [4.78, 5) is 18.6. The van der Waals surface area contributed by atoms with Crippen LogP contribution in [0.3, 0.4) is 0 Å². The molecule has 0 aliphatic heterocycles. The quantitative estimate of drug-likeness (QED) is 0.425. The molecule has 2 aromatic heterocycles. The van der Waals surface area contributed by atoms with Crippen molar-refractivity contribution in [1.29, 1.82) is 0 Å². The smallest absolute Gasteiger partial charge is 0.250 e. The molecule has 4 nitrogen and oxygen atoms in total. The predicted molar refractivity (Wildman–Crippen MR) is 102 cm³/mol. The van der Waals surface area contributed by atoms with Crippen molar-refractivity contribution < 1.29 is 4.79 Å². The van der Waals surface area contributed by atoms with E-state index in [4.69, 9.17) is 0 Å². The fourth-order valence-electron chi connectivity index (χ4n) is 2.26. The summed E-state index contributed by atoms with van der Waals surface area (Å²) in [7, 11) is 0. The number of hydrogen-bond acceptors (Lipinski definition) is 5. The molecule has 122 valence electrons. The third kappa shape index (κ3) is 4.21. The molecule has 0 fully saturated rings. The SMILES string of the molecule is Cc1ccc2nc(C)cc(SCC(=O)N/N=C\c3cccs3)c2c1. The lowest BCUT2D eigenvalue weighted by Gasteiger charge is -2.08. The van der Waals surface area contributed by atoms with E-state index in [1.165, 1.54) is 17.3 Å². The van der Waals surface area contributed by atoms with Crippen LogP contribution in [0.1, 0.15) is 16.1 Å². The van der Waals surface area contributed by atoms with Gasteiger partial charge in [0.25, 0.3) is 0 Å². The summed E-state index contributed by atoms with van der Waals surface area (Å²) in [6.07, 6.45) is 1.66. The number of pyridine rings is 1. The number of rotatable bonds is 5. The minimum Gasteiger partial charge on any atom is -0.272 e. The van der Waals surface area contributed by atoms with Crippen LogP contribution in [0.25, 0.3) is 10.9 Å². The molecule has 0 aliphatic carbocycles. The highest BCUT2D eigenvalue weighted by Crippen LogP contribution is 2.28. The van der Waals surface area contributed by atoms with Gasteiger partial charge >= 0.3 is 0 Å². The number of nitrogens with zero attached hydrogens (tertiary/aromatic N) is 2. The molecular weight excluding hydrogens is 338 g/mol. The maximum atomic E-state index is 12.0. The maximum Gasteiger partial charge on any atom is 0.250 e. The van der Waals surface area contributed by atoms with Gasteiger partial charge in [0.15, 0.2) is 0 Å². The lowest BCUT2D eigenvalue weighted by atomic mass is 10.1. The number of hydrazone groups is 1. The van der Waals surface area contributed by atoms with Gasteiger partial charge in [0, 0.05) is 20.9 Å². The first-order valence-electron chi connectivity index (χ1n) is 7.48. The van der Waals surface area contributed by atoms with Crippen LogP contribution in [0.2, 0.25) is 0 Å². The number of fused-ring (bicyclic) bond motifs is 1. The first kappa shape index (κ1) is 16.7. The summed E-state index contributed by atoms with van der Waals surface area (Å²) < 4.78 is 0. The lowest BCUT2D eigenvalue weighted by molar-refractivity contribution is -0.118. The number of aryl methyl sites for hydroxylation is 2. The van der Waals surface area contributed by atoms with Crippen molar-refractivity contribution in [2.45, 2.75) is 18.7 Å². The fraction of sp³-hybridized carbons (Fsp3) is 0.167. The number of carbonyl (C=O) groups excluding carboxylic acids is 1. The highest BCUT2D eigenvalue weighted by Gasteiger charge is 2.08. The standard InChI is InChI=1S/C18H17N3OS2/c1-12-5-6-16-15(8-12)17(9-13(2)20-16)24-11-18(22)21-19-10-14-4-3-7-23-14/h3-10H,11H2,1-2H3,(H,21,22)/b19-10-. The number of amides is 1. The topological polar surface area (TPSA) is 54.4 Å². The van der Waals surface area contributed by atoms with Crippen LogP contribution in [0, 0.1) is 13.8 Å². The Hall–Kier alpha value is -2.18. The van der Waals surface area contributed by atoms with Crippen LogP contribution in [-0.2, 0) is 4.79 Å². The second kappa shape index (κ2) is 7.59. The van der Waals surface area contributed by atoms with Gasteiger partial charge in [-0.05, 0) is 43.5 Å². The highest BCUT2D eigenvalue weighted by molar-refractivity contribution is 8.00. The van der Waals surface area contributed by atoms with E-state index in [0.717, 1.165) is 26.4 Å². The molecule has 0 aliphatic rings. The second-order valence-corrected chi connectivity index (χ2v) is 7.38. The van der Waals surface area contributed by atoms with Crippen LogP contribution in [0.4, 0.5) is 0 Å². The molecule has 0 atom stereocenters. The molecule has 1 aromatic carbocycles. The average molecular weight is 355 g/mol. The van der Waals surface area contributed by atoms with E-state index in [9.17, 15) is 4.79 Å². The molecule has 24 heavy (non-hydrogen) atoms. The molecule has 0 radical (unpaired) electrons. The molecular formula is C18H17N3OS2. The summed E-state index contributed by atoms with van der Waals surface area (Å²) in [5.41, 5.74) is 5.65. The molecule has 3 aromatic rings. The van der Waals surface area contributed by atoms with Crippen LogP contribution in [0.15, 0.2) is 51.8 Å². The number of thiophene rings is 1. The van der Waals surface area contributed by atoms with Gasteiger partial charge in [-0.15, -0.1) is 23.1 Å². The first-order valence-corrected chi connectivity index (χ1v) is 9.34. The average Bonchev–Trinajstić information content (AvgIpc) is 3.06. The zero-order valence-corrected chi connectivity index (χ0v) is 15.1. The Kier molecular flexibility index (Phi) is 5.27. The van der Waals surface area contributed by atoms with E-state index in [-0.39, 0.29) is 5.91 Å². The van der Waals surface area contributed by atoms with Crippen molar-refractivity contribution in [1.82, 2.24) is 10.4 Å². The van der Waals surface area contributed by atoms with Crippen LogP contribution in [0.5, 0.6) is 0 Å². The Morgan fingerprint density at radius 1 is 1.33 bits per heavy atom. The van der Waals surface area contributed by atoms with E-state index in [1.54, 1.807) is 17.6 Å². The van der Waals surface area contributed by atoms with Gasteiger partial charge in [-0.3, -0.25) is 9.78 Å². The summed E-state index contributed by atoms with van der Waals surface area (Å²) >= 11 is 3.08. The van der Waals surface area contributed by atoms with Gasteiger partial charge in [-0.1, -0.05) is 17.7 Å². The van der Waals surface area contributed by atoms with Gasteiger partial charge in [-0.2, -0.15) is 5.10 Å².